The molecule has 1 fully saturated rings. The van der Waals surface area contributed by atoms with Crippen LogP contribution in [-0.2, 0) is 11.3 Å². The first-order valence-corrected chi connectivity index (χ1v) is 8.50. The minimum Gasteiger partial charge on any atom is -0.453 e. The topological polar surface area (TPSA) is 54.5 Å². The predicted molar refractivity (Wildman–Crippen MR) is 84.6 cm³/mol. The highest BCUT2D eigenvalue weighted by Gasteiger charge is 2.26. The number of aromatic nitrogens is 1. The second-order valence-electron chi connectivity index (χ2n) is 4.89. The van der Waals surface area contributed by atoms with E-state index in [0.717, 1.165) is 24.5 Å². The Bertz CT molecular complexity index is 597. The number of likely N-dealkylation sites (tertiary alicyclic amines) is 1. The van der Waals surface area contributed by atoms with Crippen molar-refractivity contribution in [3.05, 3.63) is 28.6 Å². The number of amides is 1. The Morgan fingerprint density at radius 2 is 2.52 bits per heavy atom. The largest absolute Gasteiger partial charge is 0.453 e. The quantitative estimate of drug-likeness (QED) is 0.940. The zero-order valence-corrected chi connectivity index (χ0v) is 13.4. The number of thiophene rings is 1. The summed E-state index contributed by atoms with van der Waals surface area (Å²) in [6.07, 6.45) is 2.66. The van der Waals surface area contributed by atoms with Crippen LogP contribution >= 0.6 is 22.7 Å². The first-order chi connectivity index (χ1) is 10.3. The Kier molecular flexibility index (Phi) is 4.52. The van der Waals surface area contributed by atoms with Crippen molar-refractivity contribution in [2.75, 3.05) is 20.2 Å². The van der Waals surface area contributed by atoms with Crippen LogP contribution in [0.5, 0.6) is 0 Å². The van der Waals surface area contributed by atoms with Gasteiger partial charge in [0, 0.05) is 36.8 Å². The van der Waals surface area contributed by atoms with Crippen molar-refractivity contribution in [2.24, 2.45) is 0 Å². The molecule has 0 aromatic carbocycles. The van der Waals surface area contributed by atoms with Crippen LogP contribution in [-0.4, -0.2) is 42.2 Å². The van der Waals surface area contributed by atoms with E-state index in [1.54, 1.807) is 27.6 Å². The second kappa shape index (κ2) is 6.55. The monoisotopic (exact) mass is 323 g/mol. The molecular weight excluding hydrogens is 306 g/mol. The van der Waals surface area contributed by atoms with Gasteiger partial charge in [-0.05, 0) is 17.9 Å². The molecule has 3 rings (SSSR count). The molecule has 0 spiro atoms. The fraction of sp³-hybridized carbons (Fsp3) is 0.429. The highest BCUT2D eigenvalue weighted by molar-refractivity contribution is 7.20. The highest BCUT2D eigenvalue weighted by atomic mass is 32.1. The lowest BCUT2D eigenvalue weighted by molar-refractivity contribution is 0.132. The summed E-state index contributed by atoms with van der Waals surface area (Å²) < 4.78 is 4.74. The molecule has 2 aromatic rings. The Labute approximate surface area is 131 Å². The summed E-state index contributed by atoms with van der Waals surface area (Å²) >= 11 is 3.43. The summed E-state index contributed by atoms with van der Waals surface area (Å²) in [5.74, 6) is 0. The molecule has 1 N–H and O–H groups in total. The first-order valence-electron chi connectivity index (χ1n) is 6.81. The van der Waals surface area contributed by atoms with Gasteiger partial charge in [-0.15, -0.1) is 22.7 Å². The van der Waals surface area contributed by atoms with E-state index in [4.69, 9.17) is 4.74 Å². The molecule has 1 atom stereocenters. The Balaban J connectivity index is 1.51. The summed E-state index contributed by atoms with van der Waals surface area (Å²) in [4.78, 5) is 20.1. The van der Waals surface area contributed by atoms with Crippen molar-refractivity contribution in [1.29, 1.82) is 0 Å². The van der Waals surface area contributed by atoms with E-state index in [1.165, 1.54) is 16.9 Å². The van der Waals surface area contributed by atoms with Crippen LogP contribution in [0.3, 0.4) is 0 Å². The fourth-order valence-electron chi connectivity index (χ4n) is 2.37. The van der Waals surface area contributed by atoms with Crippen LogP contribution in [0.1, 0.15) is 11.3 Å². The van der Waals surface area contributed by atoms with Crippen LogP contribution in [0, 0.1) is 0 Å². The number of hydrogen-bond donors (Lipinski definition) is 1. The van der Waals surface area contributed by atoms with E-state index in [0.29, 0.717) is 12.6 Å². The maximum Gasteiger partial charge on any atom is 0.409 e. The van der Waals surface area contributed by atoms with Gasteiger partial charge in [-0.2, -0.15) is 0 Å². The molecule has 5 nitrogen and oxygen atoms in total. The standard InChI is InChI=1S/C14H17N3O2S2/c1-19-14(18)17-5-4-10(9-17)15-7-11-8-16-13(21-11)12-3-2-6-20-12/h2-3,6,8,10,15H,4-5,7,9H2,1H3/t10-/m0/s1. The maximum absolute atomic E-state index is 11.4. The predicted octanol–water partition coefficient (Wildman–Crippen LogP) is 2.80. The average molecular weight is 323 g/mol. The summed E-state index contributed by atoms with van der Waals surface area (Å²) in [5.41, 5.74) is 0. The van der Waals surface area contributed by atoms with E-state index >= 15 is 0 Å². The van der Waals surface area contributed by atoms with Crippen molar-refractivity contribution in [3.8, 4) is 9.88 Å². The number of methoxy groups -OCH3 is 1. The molecular formula is C14H17N3O2S2. The van der Waals surface area contributed by atoms with Gasteiger partial charge in [0.15, 0.2) is 0 Å². The normalized spacial score (nSPS) is 18.1. The molecule has 0 bridgehead atoms. The van der Waals surface area contributed by atoms with Gasteiger partial charge < -0.3 is 15.0 Å². The molecule has 1 amide bonds. The number of carbonyl (C=O) groups is 1. The van der Waals surface area contributed by atoms with Crippen molar-refractivity contribution >= 4 is 28.8 Å². The SMILES string of the molecule is COC(=O)N1CC[C@H](NCc2cnc(-c3cccs3)s2)C1. The van der Waals surface area contributed by atoms with Crippen LogP contribution in [0.4, 0.5) is 4.79 Å². The number of ether oxygens (including phenoxy) is 1. The minimum atomic E-state index is -0.239. The van der Waals surface area contributed by atoms with Gasteiger partial charge in [0.2, 0.25) is 0 Å². The molecule has 1 aliphatic heterocycles. The second-order valence-corrected chi connectivity index (χ2v) is 6.95. The van der Waals surface area contributed by atoms with Gasteiger partial charge in [-0.3, -0.25) is 0 Å². The van der Waals surface area contributed by atoms with E-state index in [2.05, 4.69) is 21.7 Å². The van der Waals surface area contributed by atoms with E-state index in [9.17, 15) is 4.79 Å². The lowest BCUT2D eigenvalue weighted by Crippen LogP contribution is -2.34. The molecule has 3 heterocycles. The highest BCUT2D eigenvalue weighted by Crippen LogP contribution is 2.28. The first kappa shape index (κ1) is 14.5. The van der Waals surface area contributed by atoms with E-state index in [-0.39, 0.29) is 6.09 Å². The number of rotatable bonds is 4. The van der Waals surface area contributed by atoms with Gasteiger partial charge in [0.1, 0.15) is 5.01 Å². The van der Waals surface area contributed by atoms with Gasteiger partial charge >= 0.3 is 6.09 Å². The number of hydrogen-bond acceptors (Lipinski definition) is 6. The Hall–Kier alpha value is -1.44. The van der Waals surface area contributed by atoms with Crippen LogP contribution in [0.25, 0.3) is 9.88 Å². The van der Waals surface area contributed by atoms with Gasteiger partial charge in [0.25, 0.3) is 0 Å². The average Bonchev–Trinajstić information content (AvgIpc) is 3.23. The summed E-state index contributed by atoms with van der Waals surface area (Å²) in [7, 11) is 1.42. The molecule has 0 unspecified atom stereocenters. The van der Waals surface area contributed by atoms with Crippen LogP contribution in [0.2, 0.25) is 0 Å². The molecule has 112 valence electrons. The molecule has 0 radical (unpaired) electrons. The van der Waals surface area contributed by atoms with E-state index < -0.39 is 0 Å². The molecule has 21 heavy (non-hydrogen) atoms. The third-order valence-corrected chi connectivity index (χ3v) is 5.51. The summed E-state index contributed by atoms with van der Waals surface area (Å²) in [6, 6.07) is 4.46. The minimum absolute atomic E-state index is 0.239. The van der Waals surface area contributed by atoms with Crippen LogP contribution in [0.15, 0.2) is 23.7 Å². The van der Waals surface area contributed by atoms with Gasteiger partial charge in [-0.25, -0.2) is 9.78 Å². The molecule has 2 aromatic heterocycles. The van der Waals surface area contributed by atoms with Crippen molar-refractivity contribution in [1.82, 2.24) is 15.2 Å². The third-order valence-electron chi connectivity index (χ3n) is 3.47. The van der Waals surface area contributed by atoms with Crippen molar-refractivity contribution in [3.63, 3.8) is 0 Å². The number of carbonyl (C=O) groups excluding carboxylic acids is 1. The zero-order chi connectivity index (χ0) is 14.7. The molecule has 0 aliphatic carbocycles. The molecule has 1 saturated heterocycles. The van der Waals surface area contributed by atoms with Crippen molar-refractivity contribution < 1.29 is 9.53 Å². The fourth-order valence-corrected chi connectivity index (χ4v) is 4.04. The molecule has 7 heteroatoms. The molecule has 0 saturated carbocycles. The lowest BCUT2D eigenvalue weighted by Gasteiger charge is -2.15. The third kappa shape index (κ3) is 3.42. The lowest BCUT2D eigenvalue weighted by atomic mass is 10.2. The summed E-state index contributed by atoms with van der Waals surface area (Å²) in [5, 5.41) is 6.63. The number of nitrogens with zero attached hydrogens (tertiary/aromatic N) is 2. The molecule has 1 aliphatic rings. The maximum atomic E-state index is 11.4. The Morgan fingerprint density at radius 1 is 1.62 bits per heavy atom. The van der Waals surface area contributed by atoms with Crippen molar-refractivity contribution in [2.45, 2.75) is 19.0 Å². The van der Waals surface area contributed by atoms with E-state index in [1.807, 2.05) is 12.3 Å². The van der Waals surface area contributed by atoms with Crippen LogP contribution < -0.4 is 5.32 Å². The number of nitrogens with one attached hydrogen (secondary N) is 1. The smallest absolute Gasteiger partial charge is 0.409 e. The zero-order valence-electron chi connectivity index (χ0n) is 11.7. The number of thiazole rings is 1. The summed E-state index contributed by atoms with van der Waals surface area (Å²) in [6.45, 7) is 2.26. The van der Waals surface area contributed by atoms with Gasteiger partial charge in [-0.1, -0.05) is 6.07 Å². The van der Waals surface area contributed by atoms with Gasteiger partial charge in [0.05, 0.1) is 12.0 Å². The Morgan fingerprint density at radius 3 is 3.29 bits per heavy atom.